The minimum atomic E-state index is -0.463. The van der Waals surface area contributed by atoms with Crippen LogP contribution in [0.2, 0.25) is 5.02 Å². The molecule has 5 rings (SSSR count). The zero-order chi connectivity index (χ0) is 20.7. The Kier molecular flexibility index (Phi) is 4.78. The summed E-state index contributed by atoms with van der Waals surface area (Å²) in [7, 11) is 0. The number of halogens is 1. The van der Waals surface area contributed by atoms with Crippen molar-refractivity contribution in [3.63, 3.8) is 0 Å². The van der Waals surface area contributed by atoms with Crippen LogP contribution in [0.5, 0.6) is 17.2 Å². The van der Waals surface area contributed by atoms with E-state index in [0.29, 0.717) is 44.9 Å². The SMILES string of the molecule is O=C(Oc1ccc2c(c1)OC(=Cc1cc(Cl)cc3c1OCOC3)C2=O)c1cccs1. The Balaban J connectivity index is 1.43. The fourth-order valence-electron chi connectivity index (χ4n) is 3.24. The highest BCUT2D eigenvalue weighted by molar-refractivity contribution is 7.12. The molecule has 0 amide bonds. The first-order valence-corrected chi connectivity index (χ1v) is 10.2. The van der Waals surface area contributed by atoms with E-state index in [0.717, 1.165) is 5.56 Å². The van der Waals surface area contributed by atoms with Crippen LogP contribution in [0.1, 0.15) is 31.2 Å². The molecule has 8 heteroatoms. The average molecular weight is 441 g/mol. The molecule has 3 aromatic rings. The van der Waals surface area contributed by atoms with Gasteiger partial charge in [0.1, 0.15) is 22.1 Å². The smallest absolute Gasteiger partial charge is 0.353 e. The molecule has 0 saturated heterocycles. The van der Waals surface area contributed by atoms with Crippen molar-refractivity contribution in [1.82, 2.24) is 0 Å². The van der Waals surface area contributed by atoms with Crippen LogP contribution in [0.25, 0.3) is 6.08 Å². The lowest BCUT2D eigenvalue weighted by atomic mass is 10.1. The highest BCUT2D eigenvalue weighted by atomic mass is 35.5. The van der Waals surface area contributed by atoms with E-state index in [9.17, 15) is 9.59 Å². The summed E-state index contributed by atoms with van der Waals surface area (Å²) in [5.41, 5.74) is 1.81. The van der Waals surface area contributed by atoms with Gasteiger partial charge in [0.05, 0.1) is 12.2 Å². The van der Waals surface area contributed by atoms with Crippen molar-refractivity contribution >= 4 is 40.8 Å². The van der Waals surface area contributed by atoms with Gasteiger partial charge in [0, 0.05) is 22.2 Å². The number of thiophene rings is 1. The van der Waals surface area contributed by atoms with Gasteiger partial charge in [-0.2, -0.15) is 0 Å². The monoisotopic (exact) mass is 440 g/mol. The molecular weight excluding hydrogens is 428 g/mol. The largest absolute Gasteiger partial charge is 0.467 e. The molecule has 0 radical (unpaired) electrons. The van der Waals surface area contributed by atoms with Crippen molar-refractivity contribution < 1.29 is 28.5 Å². The van der Waals surface area contributed by atoms with E-state index in [1.165, 1.54) is 17.4 Å². The highest BCUT2D eigenvalue weighted by Gasteiger charge is 2.29. The normalized spacial score (nSPS) is 15.9. The minimum absolute atomic E-state index is 0.124. The zero-order valence-corrected chi connectivity index (χ0v) is 16.9. The predicted molar refractivity (Wildman–Crippen MR) is 110 cm³/mol. The molecule has 2 aromatic carbocycles. The van der Waals surface area contributed by atoms with Crippen LogP contribution < -0.4 is 14.2 Å². The zero-order valence-electron chi connectivity index (χ0n) is 15.3. The Morgan fingerprint density at radius 2 is 2.10 bits per heavy atom. The number of carbonyl (C=O) groups is 2. The van der Waals surface area contributed by atoms with Gasteiger partial charge >= 0.3 is 5.97 Å². The summed E-state index contributed by atoms with van der Waals surface area (Å²) >= 11 is 7.48. The predicted octanol–water partition coefficient (Wildman–Crippen LogP) is 5.10. The first kappa shape index (κ1) is 18.9. The maximum absolute atomic E-state index is 12.8. The quantitative estimate of drug-likeness (QED) is 0.320. The van der Waals surface area contributed by atoms with Gasteiger partial charge in [0.15, 0.2) is 12.6 Å². The summed E-state index contributed by atoms with van der Waals surface area (Å²) in [5, 5.41) is 2.29. The number of carbonyl (C=O) groups excluding carboxylic acids is 2. The molecule has 0 saturated carbocycles. The number of hydrogen-bond donors (Lipinski definition) is 0. The van der Waals surface area contributed by atoms with E-state index >= 15 is 0 Å². The molecule has 6 nitrogen and oxygen atoms in total. The molecule has 2 aliphatic rings. The molecule has 0 bridgehead atoms. The number of rotatable bonds is 3. The van der Waals surface area contributed by atoms with Crippen LogP contribution in [0.3, 0.4) is 0 Å². The van der Waals surface area contributed by atoms with E-state index in [4.69, 9.17) is 30.5 Å². The Morgan fingerprint density at radius 3 is 2.93 bits per heavy atom. The molecule has 0 fully saturated rings. The second-order valence-electron chi connectivity index (χ2n) is 6.56. The lowest BCUT2D eigenvalue weighted by Crippen LogP contribution is -2.12. The van der Waals surface area contributed by atoms with Crippen molar-refractivity contribution in [2.75, 3.05) is 6.79 Å². The molecule has 0 N–H and O–H groups in total. The van der Waals surface area contributed by atoms with Gasteiger partial charge in [0.2, 0.25) is 5.78 Å². The minimum Gasteiger partial charge on any atom is -0.467 e. The van der Waals surface area contributed by atoms with E-state index in [1.807, 2.05) is 0 Å². The molecule has 0 unspecified atom stereocenters. The number of ether oxygens (including phenoxy) is 4. The van der Waals surface area contributed by atoms with Crippen LogP contribution in [-0.4, -0.2) is 18.5 Å². The number of ketones is 1. The molecule has 0 spiro atoms. The Hall–Kier alpha value is -3.13. The van der Waals surface area contributed by atoms with Crippen molar-refractivity contribution in [1.29, 1.82) is 0 Å². The third-order valence-corrected chi connectivity index (χ3v) is 5.63. The van der Waals surface area contributed by atoms with Gasteiger partial charge in [-0.1, -0.05) is 17.7 Å². The van der Waals surface area contributed by atoms with Crippen LogP contribution in [0.15, 0.2) is 53.6 Å². The topological polar surface area (TPSA) is 71.1 Å². The fourth-order valence-corrected chi connectivity index (χ4v) is 4.09. The van der Waals surface area contributed by atoms with Gasteiger partial charge < -0.3 is 18.9 Å². The lowest BCUT2D eigenvalue weighted by molar-refractivity contribution is -0.0165. The molecule has 30 heavy (non-hydrogen) atoms. The van der Waals surface area contributed by atoms with Crippen LogP contribution in [-0.2, 0) is 11.3 Å². The summed E-state index contributed by atoms with van der Waals surface area (Å²) in [6, 6.07) is 11.6. The second-order valence-corrected chi connectivity index (χ2v) is 7.94. The van der Waals surface area contributed by atoms with Gasteiger partial charge in [0.25, 0.3) is 0 Å². The van der Waals surface area contributed by atoms with Crippen LogP contribution >= 0.6 is 22.9 Å². The number of Topliss-reactive ketones (excluding diaryl/α,β-unsaturated/α-hetero) is 1. The number of fused-ring (bicyclic) bond motifs is 2. The summed E-state index contributed by atoms with van der Waals surface area (Å²) in [4.78, 5) is 25.4. The lowest BCUT2D eigenvalue weighted by Gasteiger charge is -2.20. The fraction of sp³-hybridized carbons (Fsp3) is 0.0909. The Bertz CT molecular complexity index is 1200. The Morgan fingerprint density at radius 1 is 1.20 bits per heavy atom. The van der Waals surface area contributed by atoms with E-state index in [-0.39, 0.29) is 18.3 Å². The van der Waals surface area contributed by atoms with Gasteiger partial charge in [-0.3, -0.25) is 4.79 Å². The molecule has 2 aliphatic heterocycles. The highest BCUT2D eigenvalue weighted by Crippen LogP contribution is 2.38. The maximum Gasteiger partial charge on any atom is 0.353 e. The van der Waals surface area contributed by atoms with Gasteiger partial charge in [-0.25, -0.2) is 4.79 Å². The molecule has 0 atom stereocenters. The first-order valence-electron chi connectivity index (χ1n) is 8.95. The second kappa shape index (κ2) is 7.60. The number of benzene rings is 2. The van der Waals surface area contributed by atoms with E-state index < -0.39 is 5.97 Å². The molecule has 3 heterocycles. The molecule has 150 valence electrons. The number of esters is 1. The van der Waals surface area contributed by atoms with Crippen LogP contribution in [0, 0.1) is 0 Å². The first-order chi connectivity index (χ1) is 14.6. The van der Waals surface area contributed by atoms with Gasteiger partial charge in [-0.15, -0.1) is 11.3 Å². The molecular formula is C22H13ClO6S. The van der Waals surface area contributed by atoms with E-state index in [2.05, 4.69) is 0 Å². The van der Waals surface area contributed by atoms with Gasteiger partial charge in [-0.05, 0) is 41.8 Å². The third-order valence-electron chi connectivity index (χ3n) is 4.56. The summed E-state index contributed by atoms with van der Waals surface area (Å²) < 4.78 is 22.0. The molecule has 0 aliphatic carbocycles. The Labute approximate surface area is 180 Å². The van der Waals surface area contributed by atoms with Crippen molar-refractivity contribution in [3.8, 4) is 17.2 Å². The van der Waals surface area contributed by atoms with Crippen molar-refractivity contribution in [2.45, 2.75) is 6.61 Å². The number of allylic oxidation sites excluding steroid dienone is 1. The van der Waals surface area contributed by atoms with Crippen molar-refractivity contribution in [2.24, 2.45) is 0 Å². The van der Waals surface area contributed by atoms with E-state index in [1.54, 1.807) is 47.9 Å². The standard InChI is InChI=1S/C22H13ClO6S/c23-14-6-12(21-13(7-14)10-26-11-27-21)8-18-20(24)16-4-3-15(9-17(16)29-18)28-22(25)19-2-1-5-30-19/h1-9H,10-11H2. The van der Waals surface area contributed by atoms with Crippen molar-refractivity contribution in [3.05, 3.63) is 80.2 Å². The molecule has 1 aromatic heterocycles. The average Bonchev–Trinajstić information content (AvgIpc) is 3.37. The maximum atomic E-state index is 12.8. The summed E-state index contributed by atoms with van der Waals surface area (Å²) in [6.07, 6.45) is 1.59. The third kappa shape index (κ3) is 3.47. The summed E-state index contributed by atoms with van der Waals surface area (Å²) in [6.45, 7) is 0.499. The summed E-state index contributed by atoms with van der Waals surface area (Å²) in [5.74, 6) is 0.615. The number of hydrogen-bond acceptors (Lipinski definition) is 7. The van der Waals surface area contributed by atoms with Crippen LogP contribution in [0.4, 0.5) is 0 Å².